The maximum Gasteiger partial charge on any atom is 0.0355 e. The van der Waals surface area contributed by atoms with Gasteiger partial charge in [0.1, 0.15) is 0 Å². The smallest absolute Gasteiger partial charge is 0.0355 e. The quantitative estimate of drug-likeness (QED) is 0.265. The van der Waals surface area contributed by atoms with Crippen LogP contribution in [0.4, 0.5) is 0 Å². The van der Waals surface area contributed by atoms with Crippen molar-refractivity contribution < 1.29 is 10.4 Å². The first-order chi connectivity index (χ1) is 2.91. The van der Waals surface area contributed by atoms with Crippen LogP contribution in [0.1, 0.15) is 0 Å². The number of hydrogen-bond acceptors (Lipinski definition) is 4. The molecule has 0 unspecified atom stereocenters. The zero-order valence-electron chi connectivity index (χ0n) is 3.31. The minimum Gasteiger partial charge on any atom is -0.317 e. The Kier molecular flexibility index (Phi) is 4.71. The Morgan fingerprint density at radius 3 is 1.50 bits per heavy atom. The van der Waals surface area contributed by atoms with Gasteiger partial charge in [0, 0.05) is 13.1 Å². The predicted octanol–water partition coefficient (Wildman–Crippen LogP) is -1.06. The summed E-state index contributed by atoms with van der Waals surface area (Å²) in [4.78, 5) is 0. The summed E-state index contributed by atoms with van der Waals surface area (Å²) in [5, 5.41) is 15.6. The van der Waals surface area contributed by atoms with Crippen molar-refractivity contribution in [2.45, 2.75) is 0 Å². The Labute approximate surface area is 35.7 Å². The summed E-state index contributed by atoms with van der Waals surface area (Å²) in [5.74, 6) is 0. The summed E-state index contributed by atoms with van der Waals surface area (Å²) in [5.41, 5.74) is 3.69. The fourth-order valence-corrected chi connectivity index (χ4v) is 0.112. The van der Waals surface area contributed by atoms with Gasteiger partial charge in [-0.25, -0.2) is 11.0 Å². The van der Waals surface area contributed by atoms with Crippen LogP contribution in [0.2, 0.25) is 0 Å². The van der Waals surface area contributed by atoms with Crippen molar-refractivity contribution in [3.63, 3.8) is 0 Å². The summed E-state index contributed by atoms with van der Waals surface area (Å²) in [6.45, 7) is 0.715. The molecule has 0 saturated heterocycles. The molecule has 0 aliphatic heterocycles. The molecule has 0 radical (unpaired) electrons. The molecule has 4 heteroatoms. The van der Waals surface area contributed by atoms with E-state index in [1.54, 1.807) is 0 Å². The van der Waals surface area contributed by atoms with E-state index in [0.717, 1.165) is 0 Å². The Morgan fingerprint density at radius 1 is 1.00 bits per heavy atom. The molecule has 4 N–H and O–H groups in total. The molecule has 0 heterocycles. The number of hydroxylamine groups is 2. The molecular formula is C2H8N2O2. The second-order valence-electron chi connectivity index (χ2n) is 0.816. The first-order valence-corrected chi connectivity index (χ1v) is 1.65. The maximum atomic E-state index is 7.80. The van der Waals surface area contributed by atoms with Gasteiger partial charge in [-0.15, -0.1) is 0 Å². The van der Waals surface area contributed by atoms with Crippen LogP contribution in [0.25, 0.3) is 0 Å². The van der Waals surface area contributed by atoms with E-state index in [9.17, 15) is 0 Å². The van der Waals surface area contributed by atoms with Gasteiger partial charge >= 0.3 is 0 Å². The third-order valence-corrected chi connectivity index (χ3v) is 0.349. The first-order valence-electron chi connectivity index (χ1n) is 1.65. The molecule has 0 atom stereocenters. The summed E-state index contributed by atoms with van der Waals surface area (Å²) in [6, 6.07) is 0. The molecule has 0 spiro atoms. The molecule has 4 nitrogen and oxygen atoms in total. The second-order valence-corrected chi connectivity index (χ2v) is 0.816. The van der Waals surface area contributed by atoms with Gasteiger partial charge in [-0.3, -0.25) is 0 Å². The average molecular weight is 92.1 g/mol. The number of hydrogen-bond donors (Lipinski definition) is 4. The van der Waals surface area contributed by atoms with Crippen LogP contribution in [0.3, 0.4) is 0 Å². The molecule has 0 aromatic heterocycles. The van der Waals surface area contributed by atoms with Gasteiger partial charge in [0.25, 0.3) is 0 Å². The molecule has 0 aliphatic carbocycles. The lowest BCUT2D eigenvalue weighted by molar-refractivity contribution is 0.126. The Morgan fingerprint density at radius 2 is 1.33 bits per heavy atom. The van der Waals surface area contributed by atoms with Gasteiger partial charge in [0.15, 0.2) is 0 Å². The fraction of sp³-hybridized carbons (Fsp3) is 1.00. The lowest BCUT2D eigenvalue weighted by Crippen LogP contribution is -2.22. The van der Waals surface area contributed by atoms with Gasteiger partial charge in [-0.05, 0) is 0 Å². The van der Waals surface area contributed by atoms with Crippen molar-refractivity contribution in [2.75, 3.05) is 13.1 Å². The van der Waals surface area contributed by atoms with Crippen molar-refractivity contribution in [3.8, 4) is 0 Å². The summed E-state index contributed by atoms with van der Waals surface area (Å²) in [7, 11) is 0. The molecule has 0 fully saturated rings. The van der Waals surface area contributed by atoms with E-state index in [-0.39, 0.29) is 0 Å². The Hall–Kier alpha value is -0.160. The van der Waals surface area contributed by atoms with E-state index in [1.807, 2.05) is 11.0 Å². The van der Waals surface area contributed by atoms with Crippen molar-refractivity contribution in [1.29, 1.82) is 0 Å². The molecule has 0 aromatic carbocycles. The SMILES string of the molecule is ONCCNO. The molecule has 6 heavy (non-hydrogen) atoms. The minimum atomic E-state index is 0.358. The molecular weight excluding hydrogens is 84.0 g/mol. The van der Waals surface area contributed by atoms with Crippen LogP contribution >= 0.6 is 0 Å². The lowest BCUT2D eigenvalue weighted by atomic mass is 10.7. The van der Waals surface area contributed by atoms with Crippen LogP contribution in [0.5, 0.6) is 0 Å². The van der Waals surface area contributed by atoms with Crippen LogP contribution in [0.15, 0.2) is 0 Å². The van der Waals surface area contributed by atoms with E-state index in [2.05, 4.69) is 0 Å². The van der Waals surface area contributed by atoms with Crippen molar-refractivity contribution in [2.24, 2.45) is 0 Å². The van der Waals surface area contributed by atoms with E-state index < -0.39 is 0 Å². The fourth-order valence-electron chi connectivity index (χ4n) is 0.112. The van der Waals surface area contributed by atoms with Gasteiger partial charge in [0.05, 0.1) is 0 Å². The molecule has 38 valence electrons. The zero-order chi connectivity index (χ0) is 4.83. The molecule has 0 rings (SSSR count). The normalized spacial score (nSPS) is 9.00. The third kappa shape index (κ3) is 3.84. The lowest BCUT2D eigenvalue weighted by Gasteiger charge is -1.90. The largest absolute Gasteiger partial charge is 0.317 e. The van der Waals surface area contributed by atoms with Crippen LogP contribution in [-0.4, -0.2) is 23.5 Å². The van der Waals surface area contributed by atoms with E-state index >= 15 is 0 Å². The highest BCUT2D eigenvalue weighted by Crippen LogP contribution is 1.44. The molecule has 0 saturated carbocycles. The van der Waals surface area contributed by atoms with Gasteiger partial charge < -0.3 is 10.4 Å². The highest BCUT2D eigenvalue weighted by atomic mass is 16.5. The van der Waals surface area contributed by atoms with Gasteiger partial charge in [-0.2, -0.15) is 0 Å². The highest BCUT2D eigenvalue weighted by Gasteiger charge is 1.73. The first kappa shape index (κ1) is 5.84. The van der Waals surface area contributed by atoms with E-state index in [1.165, 1.54) is 0 Å². The molecule has 0 aromatic rings. The van der Waals surface area contributed by atoms with Crippen molar-refractivity contribution in [3.05, 3.63) is 0 Å². The number of nitrogens with one attached hydrogen (secondary N) is 2. The maximum absolute atomic E-state index is 7.80. The summed E-state index contributed by atoms with van der Waals surface area (Å²) in [6.07, 6.45) is 0. The summed E-state index contributed by atoms with van der Waals surface area (Å²) < 4.78 is 0. The molecule has 0 bridgehead atoms. The number of rotatable bonds is 3. The van der Waals surface area contributed by atoms with Crippen molar-refractivity contribution >= 4 is 0 Å². The van der Waals surface area contributed by atoms with Gasteiger partial charge in [-0.1, -0.05) is 0 Å². The van der Waals surface area contributed by atoms with E-state index in [0.29, 0.717) is 13.1 Å². The van der Waals surface area contributed by atoms with Crippen LogP contribution in [-0.2, 0) is 0 Å². The van der Waals surface area contributed by atoms with Gasteiger partial charge in [0.2, 0.25) is 0 Å². The zero-order valence-corrected chi connectivity index (χ0v) is 3.31. The monoisotopic (exact) mass is 92.1 g/mol. The van der Waals surface area contributed by atoms with Crippen molar-refractivity contribution in [1.82, 2.24) is 11.0 Å². The average Bonchev–Trinajstić information content (AvgIpc) is 1.61. The highest BCUT2D eigenvalue weighted by molar-refractivity contribution is 4.30. The molecule has 0 aliphatic rings. The predicted molar refractivity (Wildman–Crippen MR) is 19.6 cm³/mol. The third-order valence-electron chi connectivity index (χ3n) is 0.349. The van der Waals surface area contributed by atoms with E-state index in [4.69, 9.17) is 10.4 Å². The standard InChI is InChI=1S/C2H8N2O2/c5-3-1-2-4-6/h3-6H,1-2H2. The van der Waals surface area contributed by atoms with Crippen LogP contribution in [0, 0.1) is 0 Å². The van der Waals surface area contributed by atoms with Crippen LogP contribution < -0.4 is 11.0 Å². The molecule has 0 amide bonds. The Bertz CT molecular complexity index is 21.5. The second kappa shape index (κ2) is 4.84. The Balaban J connectivity index is 2.34. The summed E-state index contributed by atoms with van der Waals surface area (Å²) >= 11 is 0. The topological polar surface area (TPSA) is 64.5 Å². The minimum absolute atomic E-state index is 0.358.